The predicted octanol–water partition coefficient (Wildman–Crippen LogP) is 3.41. The van der Waals surface area contributed by atoms with Gasteiger partial charge in [0.2, 0.25) is 27.7 Å². The molecule has 2 saturated heterocycles. The number of aromatic nitrogens is 2. The van der Waals surface area contributed by atoms with Crippen LogP contribution in [-0.4, -0.2) is 53.4 Å². The molecule has 0 spiro atoms. The summed E-state index contributed by atoms with van der Waals surface area (Å²) in [5.41, 5.74) is 1.02. The molecule has 9 heteroatoms. The number of carbonyl (C=O) groups is 1. The van der Waals surface area contributed by atoms with Gasteiger partial charge in [-0.15, -0.1) is 10.2 Å². The molecule has 1 aromatic carbocycles. The summed E-state index contributed by atoms with van der Waals surface area (Å²) in [5.74, 6) is 1.20. The monoisotopic (exact) mass is 446 g/mol. The Morgan fingerprint density at radius 1 is 1.03 bits per heavy atom. The van der Waals surface area contributed by atoms with Crippen molar-refractivity contribution in [1.82, 2.24) is 19.4 Å². The molecule has 0 saturated carbocycles. The average molecular weight is 447 g/mol. The van der Waals surface area contributed by atoms with E-state index in [0.717, 1.165) is 31.2 Å². The van der Waals surface area contributed by atoms with Crippen LogP contribution in [0, 0.1) is 6.92 Å². The van der Waals surface area contributed by atoms with Gasteiger partial charge in [-0.3, -0.25) is 4.79 Å². The minimum absolute atomic E-state index is 0.105. The van der Waals surface area contributed by atoms with Gasteiger partial charge in [-0.1, -0.05) is 31.0 Å². The molecule has 0 N–H and O–H groups in total. The SMILES string of the molecule is CCC(=O)N1CCC(c2nnc(C3CCCCN3S(=O)(=O)c3ccc(C)cc3)o2)CC1. The topological polar surface area (TPSA) is 96.6 Å². The van der Waals surface area contributed by atoms with E-state index in [1.165, 1.54) is 4.31 Å². The summed E-state index contributed by atoms with van der Waals surface area (Å²) in [6.07, 6.45) is 4.47. The second-order valence-corrected chi connectivity index (χ2v) is 10.3. The Bertz CT molecular complexity index is 1010. The molecule has 2 aliphatic rings. The van der Waals surface area contributed by atoms with Crippen molar-refractivity contribution in [3.63, 3.8) is 0 Å². The van der Waals surface area contributed by atoms with Gasteiger partial charge in [0.25, 0.3) is 0 Å². The zero-order valence-electron chi connectivity index (χ0n) is 18.2. The number of rotatable bonds is 5. The van der Waals surface area contributed by atoms with Gasteiger partial charge in [0, 0.05) is 32.0 Å². The van der Waals surface area contributed by atoms with Gasteiger partial charge in [0.05, 0.1) is 4.90 Å². The summed E-state index contributed by atoms with van der Waals surface area (Å²) in [6, 6.07) is 6.49. The van der Waals surface area contributed by atoms with Gasteiger partial charge in [-0.05, 0) is 44.7 Å². The second-order valence-electron chi connectivity index (χ2n) is 8.43. The number of carbonyl (C=O) groups excluding carboxylic acids is 1. The summed E-state index contributed by atoms with van der Waals surface area (Å²) in [7, 11) is -3.65. The Morgan fingerprint density at radius 3 is 2.39 bits per heavy atom. The standard InChI is InChI=1S/C22H30N4O4S/c1-3-20(27)25-14-11-17(12-15-25)21-23-24-22(30-21)19-6-4-5-13-26(19)31(28,29)18-9-7-16(2)8-10-18/h7-10,17,19H,3-6,11-15H2,1-2H3. The molecule has 8 nitrogen and oxygen atoms in total. The quantitative estimate of drug-likeness (QED) is 0.698. The molecule has 1 unspecified atom stereocenters. The highest BCUT2D eigenvalue weighted by atomic mass is 32.2. The number of aryl methyl sites for hydroxylation is 1. The van der Waals surface area contributed by atoms with Crippen molar-refractivity contribution in [2.45, 2.75) is 69.2 Å². The van der Waals surface area contributed by atoms with E-state index in [4.69, 9.17) is 4.42 Å². The van der Waals surface area contributed by atoms with E-state index >= 15 is 0 Å². The van der Waals surface area contributed by atoms with Crippen molar-refractivity contribution in [3.8, 4) is 0 Å². The largest absolute Gasteiger partial charge is 0.423 e. The highest BCUT2D eigenvalue weighted by Gasteiger charge is 2.38. The fourth-order valence-electron chi connectivity index (χ4n) is 4.43. The van der Waals surface area contributed by atoms with E-state index in [1.54, 1.807) is 12.1 Å². The molecule has 2 aliphatic heterocycles. The van der Waals surface area contributed by atoms with E-state index in [1.807, 2.05) is 30.9 Å². The van der Waals surface area contributed by atoms with E-state index in [9.17, 15) is 13.2 Å². The molecule has 0 aliphatic carbocycles. The van der Waals surface area contributed by atoms with Crippen LogP contribution in [0.15, 0.2) is 33.6 Å². The van der Waals surface area contributed by atoms with E-state index < -0.39 is 16.1 Å². The Hall–Kier alpha value is -2.26. The van der Waals surface area contributed by atoms with E-state index in [2.05, 4.69) is 10.2 Å². The molecule has 4 rings (SSSR count). The maximum Gasteiger partial charge on any atom is 0.243 e. The lowest BCUT2D eigenvalue weighted by Crippen LogP contribution is -2.38. The molecule has 2 fully saturated rings. The van der Waals surface area contributed by atoms with Gasteiger partial charge in [-0.2, -0.15) is 4.31 Å². The summed E-state index contributed by atoms with van der Waals surface area (Å²) in [4.78, 5) is 14.1. The van der Waals surface area contributed by atoms with Gasteiger partial charge in [0.15, 0.2) is 0 Å². The molecular formula is C22H30N4O4S. The average Bonchev–Trinajstić information content (AvgIpc) is 3.29. The third-order valence-corrected chi connectivity index (χ3v) is 8.24. The lowest BCUT2D eigenvalue weighted by Gasteiger charge is -2.32. The highest BCUT2D eigenvalue weighted by molar-refractivity contribution is 7.89. The minimum Gasteiger partial charge on any atom is -0.423 e. The molecule has 168 valence electrons. The van der Waals surface area contributed by atoms with Crippen molar-refractivity contribution >= 4 is 15.9 Å². The Kier molecular flexibility index (Phi) is 6.43. The molecule has 1 aromatic heterocycles. The molecule has 1 amide bonds. The summed E-state index contributed by atoms with van der Waals surface area (Å²) in [6.45, 7) is 5.62. The number of amides is 1. The molecule has 0 radical (unpaired) electrons. The number of sulfonamides is 1. The zero-order chi connectivity index (χ0) is 22.0. The molecule has 3 heterocycles. The van der Waals surface area contributed by atoms with Crippen LogP contribution < -0.4 is 0 Å². The first-order valence-electron chi connectivity index (χ1n) is 11.1. The van der Waals surface area contributed by atoms with Gasteiger partial charge in [0.1, 0.15) is 6.04 Å². The van der Waals surface area contributed by atoms with Gasteiger partial charge in [-0.25, -0.2) is 8.42 Å². The van der Waals surface area contributed by atoms with Gasteiger partial charge < -0.3 is 9.32 Å². The van der Waals surface area contributed by atoms with Crippen LogP contribution in [0.1, 0.15) is 74.8 Å². The molecule has 31 heavy (non-hydrogen) atoms. The number of hydrogen-bond donors (Lipinski definition) is 0. The molecule has 2 aromatic rings. The van der Waals surface area contributed by atoms with Crippen LogP contribution in [0.4, 0.5) is 0 Å². The van der Waals surface area contributed by atoms with Crippen LogP contribution in [0.25, 0.3) is 0 Å². The Labute approximate surface area is 183 Å². The molecule has 0 bridgehead atoms. The normalized spacial score (nSPS) is 21.4. The lowest BCUT2D eigenvalue weighted by atomic mass is 9.96. The fourth-order valence-corrected chi connectivity index (χ4v) is 6.08. The Balaban J connectivity index is 1.51. The zero-order valence-corrected chi connectivity index (χ0v) is 19.0. The number of nitrogens with zero attached hydrogens (tertiary/aromatic N) is 4. The number of hydrogen-bond acceptors (Lipinski definition) is 6. The van der Waals surface area contributed by atoms with E-state index in [0.29, 0.717) is 44.3 Å². The maximum atomic E-state index is 13.3. The van der Waals surface area contributed by atoms with E-state index in [-0.39, 0.29) is 16.7 Å². The van der Waals surface area contributed by atoms with Crippen molar-refractivity contribution in [2.75, 3.05) is 19.6 Å². The van der Waals surface area contributed by atoms with Crippen molar-refractivity contribution in [1.29, 1.82) is 0 Å². The molecule has 1 atom stereocenters. The summed E-state index contributed by atoms with van der Waals surface area (Å²) in [5, 5.41) is 8.52. The number of likely N-dealkylation sites (tertiary alicyclic amines) is 1. The minimum atomic E-state index is -3.65. The third kappa shape index (κ3) is 4.52. The fraction of sp³-hybridized carbons (Fsp3) is 0.591. The lowest BCUT2D eigenvalue weighted by molar-refractivity contribution is -0.131. The Morgan fingerprint density at radius 2 is 1.71 bits per heavy atom. The molecular weight excluding hydrogens is 416 g/mol. The predicted molar refractivity (Wildman–Crippen MR) is 115 cm³/mol. The van der Waals surface area contributed by atoms with Crippen molar-refractivity contribution in [3.05, 3.63) is 41.6 Å². The van der Waals surface area contributed by atoms with Crippen molar-refractivity contribution < 1.29 is 17.6 Å². The van der Waals surface area contributed by atoms with Crippen LogP contribution in [0.3, 0.4) is 0 Å². The van der Waals surface area contributed by atoms with Crippen molar-refractivity contribution in [2.24, 2.45) is 0 Å². The summed E-state index contributed by atoms with van der Waals surface area (Å²) >= 11 is 0. The number of benzene rings is 1. The van der Waals surface area contributed by atoms with Crippen LogP contribution in [0.2, 0.25) is 0 Å². The van der Waals surface area contributed by atoms with Crippen LogP contribution in [0.5, 0.6) is 0 Å². The van der Waals surface area contributed by atoms with Crippen LogP contribution in [-0.2, 0) is 14.8 Å². The summed E-state index contributed by atoms with van der Waals surface area (Å²) < 4.78 is 34.2. The van der Waals surface area contributed by atoms with Crippen LogP contribution >= 0.6 is 0 Å². The number of piperidine rings is 2. The maximum absolute atomic E-state index is 13.3. The van der Waals surface area contributed by atoms with Gasteiger partial charge >= 0.3 is 0 Å². The second kappa shape index (κ2) is 9.08. The highest BCUT2D eigenvalue weighted by Crippen LogP contribution is 2.36. The third-order valence-electron chi connectivity index (χ3n) is 6.32. The first-order chi connectivity index (χ1) is 14.9. The first kappa shape index (κ1) is 22.0. The first-order valence-corrected chi connectivity index (χ1v) is 12.5. The smallest absolute Gasteiger partial charge is 0.243 e.